The summed E-state index contributed by atoms with van der Waals surface area (Å²) in [7, 11) is 1.93. The summed E-state index contributed by atoms with van der Waals surface area (Å²) in [6.45, 7) is 2.89. The summed E-state index contributed by atoms with van der Waals surface area (Å²) in [6, 6.07) is 4.10. The minimum Gasteiger partial charge on any atom is -0.316 e. The van der Waals surface area contributed by atoms with E-state index in [2.05, 4.69) is 16.4 Å². The van der Waals surface area contributed by atoms with Crippen LogP contribution in [0, 0.1) is 6.92 Å². The van der Waals surface area contributed by atoms with Crippen LogP contribution in [0.1, 0.15) is 11.3 Å². The van der Waals surface area contributed by atoms with Crippen LogP contribution in [0.15, 0.2) is 18.3 Å². The summed E-state index contributed by atoms with van der Waals surface area (Å²) in [4.78, 5) is 4.16. The Morgan fingerprint density at radius 1 is 1.33 bits per heavy atom. The third-order valence-corrected chi connectivity index (χ3v) is 1.35. The monoisotopic (exact) mass is 208 g/mol. The minimum atomic E-state index is 0. The van der Waals surface area contributed by atoms with Crippen LogP contribution in [-0.4, -0.2) is 12.0 Å². The zero-order chi connectivity index (χ0) is 7.40. The van der Waals surface area contributed by atoms with E-state index in [0.29, 0.717) is 0 Å². The van der Waals surface area contributed by atoms with Gasteiger partial charge in [0.05, 0.1) is 0 Å². The fourth-order valence-electron chi connectivity index (χ4n) is 0.807. The normalized spacial score (nSPS) is 8.17. The Labute approximate surface area is 85.6 Å². The van der Waals surface area contributed by atoms with Crippen molar-refractivity contribution in [2.24, 2.45) is 0 Å². The average Bonchev–Trinajstić information content (AvgIpc) is 1.95. The van der Waals surface area contributed by atoms with Crippen LogP contribution in [0.2, 0.25) is 0 Å². The quantitative estimate of drug-likeness (QED) is 0.805. The first-order valence-corrected chi connectivity index (χ1v) is 3.39. The molecule has 1 heterocycles. The van der Waals surface area contributed by atoms with E-state index >= 15 is 0 Å². The molecular weight excluding hydrogens is 195 g/mol. The Kier molecular flexibility index (Phi) is 8.71. The number of aryl methyl sites for hydroxylation is 1. The lowest BCUT2D eigenvalue weighted by atomic mass is 10.2. The van der Waals surface area contributed by atoms with Crippen molar-refractivity contribution in [1.82, 2.24) is 10.3 Å². The fraction of sp³-hybridized carbons (Fsp3) is 0.375. The average molecular weight is 209 g/mol. The number of nitrogens with zero attached hydrogens (tertiary/aromatic N) is 1. The number of halogens is 2. The SMILES string of the molecule is CNCc1ccc(C)nc1.Cl.Cl. The molecule has 1 N–H and O–H groups in total. The number of hydrogen-bond acceptors (Lipinski definition) is 2. The second-order valence-corrected chi connectivity index (χ2v) is 2.34. The number of nitrogens with one attached hydrogen (secondary N) is 1. The van der Waals surface area contributed by atoms with E-state index < -0.39 is 0 Å². The topological polar surface area (TPSA) is 24.9 Å². The second-order valence-electron chi connectivity index (χ2n) is 2.34. The molecule has 0 unspecified atom stereocenters. The molecule has 0 radical (unpaired) electrons. The molecule has 0 saturated heterocycles. The zero-order valence-electron chi connectivity index (χ0n) is 7.20. The van der Waals surface area contributed by atoms with Crippen molar-refractivity contribution in [3.8, 4) is 0 Å². The Hall–Kier alpha value is -0.310. The number of rotatable bonds is 2. The molecule has 0 bridgehead atoms. The maximum atomic E-state index is 4.16. The van der Waals surface area contributed by atoms with Crippen molar-refractivity contribution in [1.29, 1.82) is 0 Å². The van der Waals surface area contributed by atoms with Gasteiger partial charge in [0.2, 0.25) is 0 Å². The van der Waals surface area contributed by atoms with Gasteiger partial charge in [-0.3, -0.25) is 4.98 Å². The molecule has 0 saturated carbocycles. The Balaban J connectivity index is 0. The zero-order valence-corrected chi connectivity index (χ0v) is 8.84. The Morgan fingerprint density at radius 3 is 2.42 bits per heavy atom. The third-order valence-electron chi connectivity index (χ3n) is 1.35. The number of pyridine rings is 1. The molecule has 1 rings (SSSR count). The Morgan fingerprint density at radius 2 is 2.00 bits per heavy atom. The highest BCUT2D eigenvalue weighted by molar-refractivity contribution is 5.85. The van der Waals surface area contributed by atoms with Gasteiger partial charge < -0.3 is 5.32 Å². The molecule has 0 aliphatic heterocycles. The molecule has 0 fully saturated rings. The molecule has 1 aromatic rings. The maximum Gasteiger partial charge on any atom is 0.0372 e. The van der Waals surface area contributed by atoms with Crippen LogP contribution in [-0.2, 0) is 6.54 Å². The molecule has 4 heteroatoms. The Bertz CT molecular complexity index is 199. The molecule has 0 aliphatic rings. The molecule has 0 aromatic carbocycles. The van der Waals surface area contributed by atoms with Crippen LogP contribution >= 0.6 is 24.8 Å². The lowest BCUT2D eigenvalue weighted by Crippen LogP contribution is -2.05. The number of aromatic nitrogens is 1. The summed E-state index contributed by atoms with van der Waals surface area (Å²) in [5.74, 6) is 0. The first kappa shape index (κ1) is 14.2. The van der Waals surface area contributed by atoms with Crippen molar-refractivity contribution in [3.05, 3.63) is 29.6 Å². The van der Waals surface area contributed by atoms with Crippen molar-refractivity contribution >= 4 is 24.8 Å². The molecular formula is C8H14Cl2N2. The molecule has 0 aliphatic carbocycles. The van der Waals surface area contributed by atoms with E-state index in [9.17, 15) is 0 Å². The molecule has 70 valence electrons. The van der Waals surface area contributed by atoms with Crippen LogP contribution < -0.4 is 5.32 Å². The van der Waals surface area contributed by atoms with E-state index in [0.717, 1.165) is 12.2 Å². The summed E-state index contributed by atoms with van der Waals surface area (Å²) in [6.07, 6.45) is 1.89. The predicted octanol–water partition coefficient (Wildman–Crippen LogP) is 1.95. The largest absolute Gasteiger partial charge is 0.316 e. The van der Waals surface area contributed by atoms with E-state index in [1.54, 1.807) is 0 Å². The van der Waals surface area contributed by atoms with Crippen LogP contribution in [0.4, 0.5) is 0 Å². The van der Waals surface area contributed by atoms with Gasteiger partial charge in [0, 0.05) is 18.4 Å². The van der Waals surface area contributed by atoms with Crippen LogP contribution in [0.5, 0.6) is 0 Å². The molecule has 12 heavy (non-hydrogen) atoms. The summed E-state index contributed by atoms with van der Waals surface area (Å²) < 4.78 is 0. The van der Waals surface area contributed by atoms with Gasteiger partial charge in [0.15, 0.2) is 0 Å². The maximum absolute atomic E-state index is 4.16. The van der Waals surface area contributed by atoms with E-state index in [-0.39, 0.29) is 24.8 Å². The smallest absolute Gasteiger partial charge is 0.0372 e. The third kappa shape index (κ3) is 4.54. The summed E-state index contributed by atoms with van der Waals surface area (Å²) in [5.41, 5.74) is 2.30. The van der Waals surface area contributed by atoms with Crippen molar-refractivity contribution in [3.63, 3.8) is 0 Å². The van der Waals surface area contributed by atoms with Crippen molar-refractivity contribution < 1.29 is 0 Å². The number of hydrogen-bond donors (Lipinski definition) is 1. The summed E-state index contributed by atoms with van der Waals surface area (Å²) >= 11 is 0. The van der Waals surface area contributed by atoms with Gasteiger partial charge in [0.25, 0.3) is 0 Å². The minimum absolute atomic E-state index is 0. The predicted molar refractivity (Wildman–Crippen MR) is 56.2 cm³/mol. The van der Waals surface area contributed by atoms with Crippen molar-refractivity contribution in [2.75, 3.05) is 7.05 Å². The first-order chi connectivity index (χ1) is 4.83. The van der Waals surface area contributed by atoms with Gasteiger partial charge in [0.1, 0.15) is 0 Å². The van der Waals surface area contributed by atoms with Crippen LogP contribution in [0.3, 0.4) is 0 Å². The molecule has 0 amide bonds. The first-order valence-electron chi connectivity index (χ1n) is 3.39. The van der Waals surface area contributed by atoms with Crippen LogP contribution in [0.25, 0.3) is 0 Å². The van der Waals surface area contributed by atoms with Gasteiger partial charge in [-0.2, -0.15) is 0 Å². The van der Waals surface area contributed by atoms with Gasteiger partial charge in [-0.15, -0.1) is 24.8 Å². The second kappa shape index (κ2) is 7.35. The molecule has 2 nitrogen and oxygen atoms in total. The van der Waals surface area contributed by atoms with Gasteiger partial charge in [-0.1, -0.05) is 6.07 Å². The van der Waals surface area contributed by atoms with E-state index in [1.165, 1.54) is 5.56 Å². The molecule has 0 atom stereocenters. The highest BCUT2D eigenvalue weighted by Crippen LogP contribution is 1.97. The lowest BCUT2D eigenvalue weighted by Gasteiger charge is -1.97. The fourth-order valence-corrected chi connectivity index (χ4v) is 0.807. The summed E-state index contributed by atoms with van der Waals surface area (Å²) in [5, 5.41) is 3.06. The van der Waals surface area contributed by atoms with Crippen molar-refractivity contribution in [2.45, 2.75) is 13.5 Å². The van der Waals surface area contributed by atoms with Gasteiger partial charge in [-0.05, 0) is 25.6 Å². The van der Waals surface area contributed by atoms with E-state index in [1.807, 2.05) is 26.2 Å². The highest BCUT2D eigenvalue weighted by atomic mass is 35.5. The highest BCUT2D eigenvalue weighted by Gasteiger charge is 1.88. The molecule has 1 aromatic heterocycles. The van der Waals surface area contributed by atoms with E-state index in [4.69, 9.17) is 0 Å². The van der Waals surface area contributed by atoms with Gasteiger partial charge in [-0.25, -0.2) is 0 Å². The standard InChI is InChI=1S/C8H12N2.2ClH/c1-7-3-4-8(5-9-2)6-10-7;;/h3-4,6,9H,5H2,1-2H3;2*1H. The molecule has 0 spiro atoms. The lowest BCUT2D eigenvalue weighted by molar-refractivity contribution is 0.812. The van der Waals surface area contributed by atoms with Gasteiger partial charge >= 0.3 is 0 Å².